The van der Waals surface area contributed by atoms with Crippen molar-refractivity contribution in [2.45, 2.75) is 27.2 Å². The normalized spacial score (nSPS) is 16.1. The highest BCUT2D eigenvalue weighted by Gasteiger charge is 2.31. The Kier molecular flexibility index (Phi) is 4.48. The van der Waals surface area contributed by atoms with Crippen LogP contribution < -0.4 is 0 Å². The number of methoxy groups -OCH3 is 2. The van der Waals surface area contributed by atoms with Crippen molar-refractivity contribution in [3.63, 3.8) is 0 Å². The average Bonchev–Trinajstić information content (AvgIpc) is 2.32. The summed E-state index contributed by atoms with van der Waals surface area (Å²) in [4.78, 5) is 12.1. The van der Waals surface area contributed by atoms with Crippen molar-refractivity contribution in [3.8, 4) is 0 Å². The van der Waals surface area contributed by atoms with E-state index in [9.17, 15) is 4.79 Å². The molecular formula is C14H19NO3. The maximum absolute atomic E-state index is 12.1. The third kappa shape index (κ3) is 2.53. The van der Waals surface area contributed by atoms with E-state index in [1.54, 1.807) is 6.92 Å². The number of rotatable bonds is 4. The zero-order valence-corrected chi connectivity index (χ0v) is 11.5. The van der Waals surface area contributed by atoms with Crippen LogP contribution in [0, 0.1) is 5.41 Å². The van der Waals surface area contributed by atoms with E-state index in [4.69, 9.17) is 14.9 Å². The summed E-state index contributed by atoms with van der Waals surface area (Å²) in [6, 6.07) is 0. The third-order valence-corrected chi connectivity index (χ3v) is 2.86. The molecule has 0 aliphatic heterocycles. The van der Waals surface area contributed by atoms with Gasteiger partial charge >= 0.3 is 0 Å². The number of nitrogens with one attached hydrogen (secondary N) is 1. The number of ether oxygens (including phenoxy) is 2. The lowest BCUT2D eigenvalue weighted by atomic mass is 9.90. The van der Waals surface area contributed by atoms with Gasteiger partial charge in [0.15, 0.2) is 5.76 Å². The minimum absolute atomic E-state index is 0.112. The first-order chi connectivity index (χ1) is 8.43. The Morgan fingerprint density at radius 3 is 2.22 bits per heavy atom. The Morgan fingerprint density at radius 2 is 1.78 bits per heavy atom. The van der Waals surface area contributed by atoms with Gasteiger partial charge in [0.25, 0.3) is 0 Å². The molecule has 4 nitrogen and oxygen atoms in total. The molecule has 1 N–H and O–H groups in total. The molecule has 0 amide bonds. The highest BCUT2D eigenvalue weighted by atomic mass is 16.5. The van der Waals surface area contributed by atoms with Crippen LogP contribution in [0.5, 0.6) is 0 Å². The molecule has 0 saturated carbocycles. The van der Waals surface area contributed by atoms with Gasteiger partial charge in [-0.25, -0.2) is 0 Å². The molecule has 0 aromatic carbocycles. The molecule has 0 spiro atoms. The molecular weight excluding hydrogens is 230 g/mol. The van der Waals surface area contributed by atoms with Crippen molar-refractivity contribution < 1.29 is 14.3 Å². The van der Waals surface area contributed by atoms with E-state index in [0.717, 1.165) is 5.57 Å². The molecule has 18 heavy (non-hydrogen) atoms. The van der Waals surface area contributed by atoms with E-state index >= 15 is 0 Å². The van der Waals surface area contributed by atoms with Gasteiger partial charge < -0.3 is 9.47 Å². The molecule has 0 atom stereocenters. The quantitative estimate of drug-likeness (QED) is 0.615. The topological polar surface area (TPSA) is 59.4 Å². The predicted molar refractivity (Wildman–Crippen MR) is 70.5 cm³/mol. The molecule has 0 aromatic rings. The second-order valence-electron chi connectivity index (χ2n) is 4.36. The van der Waals surface area contributed by atoms with E-state index in [1.807, 2.05) is 19.9 Å². The Labute approximate surface area is 107 Å². The lowest BCUT2D eigenvalue weighted by Crippen LogP contribution is -2.24. The molecule has 0 radical (unpaired) electrons. The summed E-state index contributed by atoms with van der Waals surface area (Å²) in [5.41, 5.74) is 2.62. The summed E-state index contributed by atoms with van der Waals surface area (Å²) >= 11 is 0. The van der Waals surface area contributed by atoms with Gasteiger partial charge in [-0.15, -0.1) is 0 Å². The van der Waals surface area contributed by atoms with E-state index in [0.29, 0.717) is 17.6 Å². The maximum atomic E-state index is 12.1. The SMILES string of the molecule is COC1=C(OC)C(=O)C(C)=C(CC=C(C)C)C1=N. The van der Waals surface area contributed by atoms with Crippen LogP contribution in [0.2, 0.25) is 0 Å². The number of hydrogen-bond donors (Lipinski definition) is 1. The Balaban J connectivity index is 3.22. The van der Waals surface area contributed by atoms with Crippen LogP contribution in [0.25, 0.3) is 0 Å². The van der Waals surface area contributed by atoms with Crippen LogP contribution in [0.1, 0.15) is 27.2 Å². The Hall–Kier alpha value is -1.84. The molecule has 1 rings (SSSR count). The molecule has 0 heterocycles. The molecule has 4 heteroatoms. The summed E-state index contributed by atoms with van der Waals surface area (Å²) in [5, 5.41) is 8.10. The van der Waals surface area contributed by atoms with E-state index < -0.39 is 0 Å². The first-order valence-corrected chi connectivity index (χ1v) is 5.73. The average molecular weight is 249 g/mol. The molecule has 0 unspecified atom stereocenters. The van der Waals surface area contributed by atoms with Crippen molar-refractivity contribution in [1.29, 1.82) is 5.41 Å². The van der Waals surface area contributed by atoms with Crippen LogP contribution in [0.3, 0.4) is 0 Å². The first kappa shape index (κ1) is 14.2. The van der Waals surface area contributed by atoms with Crippen molar-refractivity contribution in [2.75, 3.05) is 14.2 Å². The first-order valence-electron chi connectivity index (χ1n) is 5.73. The molecule has 0 saturated heterocycles. The van der Waals surface area contributed by atoms with Gasteiger partial charge in [0.05, 0.1) is 14.2 Å². The minimum Gasteiger partial charge on any atom is -0.491 e. The zero-order chi connectivity index (χ0) is 13.9. The lowest BCUT2D eigenvalue weighted by Gasteiger charge is -2.21. The van der Waals surface area contributed by atoms with Crippen LogP contribution >= 0.6 is 0 Å². The van der Waals surface area contributed by atoms with Crippen LogP contribution in [0.15, 0.2) is 34.3 Å². The summed E-state index contributed by atoms with van der Waals surface area (Å²) in [7, 11) is 2.85. The van der Waals surface area contributed by atoms with Crippen LogP contribution in [0.4, 0.5) is 0 Å². The van der Waals surface area contributed by atoms with Gasteiger partial charge in [-0.2, -0.15) is 0 Å². The van der Waals surface area contributed by atoms with Gasteiger partial charge in [0, 0.05) is 5.57 Å². The van der Waals surface area contributed by atoms with E-state index in [2.05, 4.69) is 0 Å². The van der Waals surface area contributed by atoms with Crippen molar-refractivity contribution >= 4 is 11.5 Å². The van der Waals surface area contributed by atoms with Crippen LogP contribution in [-0.4, -0.2) is 25.7 Å². The Morgan fingerprint density at radius 1 is 1.22 bits per heavy atom. The van der Waals surface area contributed by atoms with Crippen molar-refractivity contribution in [3.05, 3.63) is 34.3 Å². The minimum atomic E-state index is -0.206. The number of carbonyl (C=O) groups excluding carboxylic acids is 1. The summed E-state index contributed by atoms with van der Waals surface area (Å²) in [5.74, 6) is 0.119. The highest BCUT2D eigenvalue weighted by Crippen LogP contribution is 2.28. The third-order valence-electron chi connectivity index (χ3n) is 2.86. The standard InChI is InChI=1S/C14H19NO3/c1-8(2)6-7-10-9(3)12(16)14(18-5)13(17-4)11(10)15/h6,15H,7H2,1-5H3. The van der Waals surface area contributed by atoms with E-state index in [1.165, 1.54) is 14.2 Å². The molecule has 0 fully saturated rings. The largest absolute Gasteiger partial charge is 0.491 e. The van der Waals surface area contributed by atoms with Gasteiger partial charge in [-0.05, 0) is 32.8 Å². The fourth-order valence-corrected chi connectivity index (χ4v) is 1.79. The Bertz CT molecular complexity index is 477. The maximum Gasteiger partial charge on any atom is 0.227 e. The molecule has 0 bridgehead atoms. The fourth-order valence-electron chi connectivity index (χ4n) is 1.79. The van der Waals surface area contributed by atoms with Gasteiger partial charge in [-0.3, -0.25) is 10.2 Å². The molecule has 0 aromatic heterocycles. The number of hydrogen-bond acceptors (Lipinski definition) is 4. The highest BCUT2D eigenvalue weighted by molar-refractivity contribution is 6.24. The van der Waals surface area contributed by atoms with E-state index in [-0.39, 0.29) is 23.0 Å². The number of Topliss-reactive ketones (excluding diaryl/α,β-unsaturated/α-hetero) is 1. The van der Waals surface area contributed by atoms with Gasteiger partial charge in [-0.1, -0.05) is 11.6 Å². The lowest BCUT2D eigenvalue weighted by molar-refractivity contribution is -0.115. The van der Waals surface area contributed by atoms with Crippen molar-refractivity contribution in [1.82, 2.24) is 0 Å². The fraction of sp³-hybridized carbons (Fsp3) is 0.429. The monoisotopic (exact) mass is 249 g/mol. The second-order valence-corrected chi connectivity index (χ2v) is 4.36. The van der Waals surface area contributed by atoms with Crippen LogP contribution in [-0.2, 0) is 14.3 Å². The summed E-state index contributed by atoms with van der Waals surface area (Å²) in [6.07, 6.45) is 2.55. The number of ketones is 1. The van der Waals surface area contributed by atoms with Gasteiger partial charge in [0.1, 0.15) is 5.71 Å². The number of allylic oxidation sites excluding steroid dienone is 4. The predicted octanol–water partition coefficient (Wildman–Crippen LogP) is 2.77. The molecule has 1 aliphatic carbocycles. The molecule has 98 valence electrons. The summed E-state index contributed by atoms with van der Waals surface area (Å²) < 4.78 is 10.2. The molecule has 1 aliphatic rings. The number of carbonyl (C=O) groups is 1. The zero-order valence-electron chi connectivity index (χ0n) is 11.5. The second kappa shape index (κ2) is 5.67. The smallest absolute Gasteiger partial charge is 0.227 e. The summed E-state index contributed by atoms with van der Waals surface area (Å²) in [6.45, 7) is 5.69. The van der Waals surface area contributed by atoms with Gasteiger partial charge in [0.2, 0.25) is 11.5 Å². The van der Waals surface area contributed by atoms with Crippen molar-refractivity contribution in [2.24, 2.45) is 0 Å².